The van der Waals surface area contributed by atoms with E-state index in [0.717, 1.165) is 5.56 Å². The van der Waals surface area contributed by atoms with Gasteiger partial charge in [0.25, 0.3) is 0 Å². The van der Waals surface area contributed by atoms with E-state index >= 15 is 0 Å². The summed E-state index contributed by atoms with van der Waals surface area (Å²) in [4.78, 5) is 16.1. The molecule has 18 heavy (non-hydrogen) atoms. The van der Waals surface area contributed by atoms with Crippen LogP contribution in [0.1, 0.15) is 26.3 Å². The molecular weight excluding hydrogens is 232 g/mol. The van der Waals surface area contributed by atoms with E-state index in [1.54, 1.807) is 18.2 Å². The number of carbonyl (C=O) groups is 1. The van der Waals surface area contributed by atoms with Gasteiger partial charge in [-0.1, -0.05) is 6.07 Å². The average Bonchev–Trinajstić information content (AvgIpc) is 2.69. The van der Waals surface area contributed by atoms with Crippen molar-refractivity contribution in [1.82, 2.24) is 9.55 Å². The van der Waals surface area contributed by atoms with Crippen molar-refractivity contribution in [2.24, 2.45) is 0 Å². The smallest absolute Gasteiger partial charge is 0.420 e. The van der Waals surface area contributed by atoms with E-state index in [9.17, 15) is 4.79 Å². The van der Waals surface area contributed by atoms with Crippen molar-refractivity contribution in [3.63, 3.8) is 0 Å². The van der Waals surface area contributed by atoms with Crippen LogP contribution >= 0.6 is 0 Å². The van der Waals surface area contributed by atoms with Gasteiger partial charge in [0.1, 0.15) is 11.9 Å². The molecule has 0 saturated heterocycles. The third kappa shape index (κ3) is 2.51. The Balaban J connectivity index is 2.42. The summed E-state index contributed by atoms with van der Waals surface area (Å²) in [5, 5.41) is 9.10. The second-order valence-electron chi connectivity index (χ2n) is 5.08. The number of carbonyl (C=O) groups excluding carboxylic acids is 1. The third-order valence-electron chi connectivity index (χ3n) is 2.38. The van der Waals surface area contributed by atoms with Crippen molar-refractivity contribution < 1.29 is 14.6 Å². The summed E-state index contributed by atoms with van der Waals surface area (Å²) in [6.07, 6.45) is 0.958. The Morgan fingerprint density at radius 2 is 2.17 bits per heavy atom. The predicted octanol–water partition coefficient (Wildman–Crippen LogP) is 2.31. The fourth-order valence-corrected chi connectivity index (χ4v) is 1.61. The molecule has 1 aromatic carbocycles. The van der Waals surface area contributed by atoms with Crippen molar-refractivity contribution in [3.8, 4) is 0 Å². The van der Waals surface area contributed by atoms with E-state index in [2.05, 4.69) is 4.98 Å². The number of imidazole rings is 1. The van der Waals surface area contributed by atoms with Crippen LogP contribution in [-0.2, 0) is 11.3 Å². The summed E-state index contributed by atoms with van der Waals surface area (Å²) in [7, 11) is 0. The standard InChI is InChI=1S/C13H16N2O3/c1-13(2,3)18-12(17)15-8-14-10-5-4-9(7-16)6-11(10)15/h4-6,8,16H,7H2,1-3H3. The first kappa shape index (κ1) is 12.6. The second kappa shape index (κ2) is 4.42. The number of nitrogens with zero attached hydrogens (tertiary/aromatic N) is 2. The molecule has 0 saturated carbocycles. The van der Waals surface area contributed by atoms with Gasteiger partial charge < -0.3 is 9.84 Å². The lowest BCUT2D eigenvalue weighted by atomic mass is 10.2. The molecule has 0 amide bonds. The van der Waals surface area contributed by atoms with E-state index in [0.29, 0.717) is 11.0 Å². The van der Waals surface area contributed by atoms with Crippen LogP contribution < -0.4 is 0 Å². The van der Waals surface area contributed by atoms with E-state index in [-0.39, 0.29) is 6.61 Å². The minimum atomic E-state index is -0.553. The fraction of sp³-hybridized carbons (Fsp3) is 0.385. The largest absolute Gasteiger partial charge is 0.443 e. The Hall–Kier alpha value is -1.88. The molecule has 2 rings (SSSR count). The second-order valence-corrected chi connectivity index (χ2v) is 5.08. The van der Waals surface area contributed by atoms with Crippen LogP contribution in [0.25, 0.3) is 11.0 Å². The van der Waals surface area contributed by atoms with Crippen LogP contribution in [0.2, 0.25) is 0 Å². The van der Waals surface area contributed by atoms with Crippen LogP contribution in [-0.4, -0.2) is 26.4 Å². The molecule has 2 aromatic rings. The monoisotopic (exact) mass is 248 g/mol. The first-order valence-electron chi connectivity index (χ1n) is 5.71. The fourth-order valence-electron chi connectivity index (χ4n) is 1.61. The summed E-state index contributed by atoms with van der Waals surface area (Å²) in [6.45, 7) is 5.35. The molecule has 0 spiro atoms. The number of hydrogen-bond donors (Lipinski definition) is 1. The molecule has 1 aromatic heterocycles. The number of aliphatic hydroxyl groups is 1. The summed E-state index contributed by atoms with van der Waals surface area (Å²) >= 11 is 0. The van der Waals surface area contributed by atoms with Crippen LogP contribution in [0, 0.1) is 0 Å². The van der Waals surface area contributed by atoms with Crippen molar-refractivity contribution in [3.05, 3.63) is 30.1 Å². The highest BCUT2D eigenvalue weighted by Gasteiger charge is 2.19. The molecule has 5 heteroatoms. The maximum atomic E-state index is 12.0. The van der Waals surface area contributed by atoms with E-state index in [1.165, 1.54) is 10.9 Å². The third-order valence-corrected chi connectivity index (χ3v) is 2.38. The number of benzene rings is 1. The van der Waals surface area contributed by atoms with Crippen LogP contribution in [0.15, 0.2) is 24.5 Å². The SMILES string of the molecule is CC(C)(C)OC(=O)n1cnc2ccc(CO)cc21. The number of aromatic nitrogens is 2. The number of rotatable bonds is 1. The molecule has 0 radical (unpaired) electrons. The molecule has 0 atom stereocenters. The zero-order chi connectivity index (χ0) is 13.3. The molecule has 0 fully saturated rings. The number of aliphatic hydroxyl groups excluding tert-OH is 1. The highest BCUT2D eigenvalue weighted by molar-refractivity contribution is 5.86. The molecular formula is C13H16N2O3. The maximum Gasteiger partial charge on any atom is 0.420 e. The van der Waals surface area contributed by atoms with Gasteiger partial charge in [0, 0.05) is 0 Å². The Labute approximate surface area is 105 Å². The van der Waals surface area contributed by atoms with Crippen LogP contribution in [0.4, 0.5) is 4.79 Å². The lowest BCUT2D eigenvalue weighted by molar-refractivity contribution is 0.0543. The lowest BCUT2D eigenvalue weighted by Gasteiger charge is -2.19. The minimum Gasteiger partial charge on any atom is -0.443 e. The topological polar surface area (TPSA) is 64.4 Å². The normalized spacial score (nSPS) is 11.8. The van der Waals surface area contributed by atoms with E-state index < -0.39 is 11.7 Å². The molecule has 0 unspecified atom stereocenters. The summed E-state index contributed by atoms with van der Waals surface area (Å²) in [5.41, 5.74) is 1.50. The molecule has 96 valence electrons. The van der Waals surface area contributed by atoms with Crippen LogP contribution in [0.3, 0.4) is 0 Å². The maximum absolute atomic E-state index is 12.0. The number of hydrogen-bond acceptors (Lipinski definition) is 4. The first-order chi connectivity index (χ1) is 8.40. The molecule has 5 nitrogen and oxygen atoms in total. The van der Waals surface area contributed by atoms with Gasteiger partial charge in [0.2, 0.25) is 0 Å². The summed E-state index contributed by atoms with van der Waals surface area (Å²) in [6, 6.07) is 5.27. The van der Waals surface area contributed by atoms with Crippen molar-refractivity contribution >= 4 is 17.1 Å². The summed E-state index contributed by atoms with van der Waals surface area (Å²) < 4.78 is 6.63. The van der Waals surface area contributed by atoms with Gasteiger partial charge in [-0.15, -0.1) is 0 Å². The van der Waals surface area contributed by atoms with Gasteiger partial charge >= 0.3 is 6.09 Å². The number of ether oxygens (including phenoxy) is 1. The first-order valence-corrected chi connectivity index (χ1v) is 5.71. The zero-order valence-corrected chi connectivity index (χ0v) is 10.7. The highest BCUT2D eigenvalue weighted by Crippen LogP contribution is 2.17. The minimum absolute atomic E-state index is 0.0740. The Morgan fingerprint density at radius 1 is 1.44 bits per heavy atom. The molecule has 0 aliphatic heterocycles. The Morgan fingerprint density at radius 3 is 2.78 bits per heavy atom. The van der Waals surface area contributed by atoms with Crippen molar-refractivity contribution in [1.29, 1.82) is 0 Å². The Kier molecular flexibility index (Phi) is 3.09. The van der Waals surface area contributed by atoms with E-state index in [1.807, 2.05) is 20.8 Å². The van der Waals surface area contributed by atoms with Gasteiger partial charge in [0.05, 0.1) is 17.6 Å². The molecule has 1 heterocycles. The zero-order valence-electron chi connectivity index (χ0n) is 10.7. The van der Waals surface area contributed by atoms with Crippen molar-refractivity contribution in [2.75, 3.05) is 0 Å². The van der Waals surface area contributed by atoms with Gasteiger partial charge in [0.15, 0.2) is 0 Å². The molecule has 0 aliphatic rings. The van der Waals surface area contributed by atoms with Gasteiger partial charge in [-0.25, -0.2) is 14.3 Å². The lowest BCUT2D eigenvalue weighted by Crippen LogP contribution is -2.26. The van der Waals surface area contributed by atoms with Crippen molar-refractivity contribution in [2.45, 2.75) is 33.0 Å². The summed E-state index contributed by atoms with van der Waals surface area (Å²) in [5.74, 6) is 0. The Bertz CT molecular complexity index is 581. The molecule has 0 bridgehead atoms. The van der Waals surface area contributed by atoms with E-state index in [4.69, 9.17) is 9.84 Å². The molecule has 1 N–H and O–H groups in total. The van der Waals surface area contributed by atoms with Gasteiger partial charge in [-0.2, -0.15) is 0 Å². The predicted molar refractivity (Wildman–Crippen MR) is 67.3 cm³/mol. The van der Waals surface area contributed by atoms with Crippen LogP contribution in [0.5, 0.6) is 0 Å². The van der Waals surface area contributed by atoms with Gasteiger partial charge in [-0.3, -0.25) is 0 Å². The number of fused-ring (bicyclic) bond motifs is 1. The highest BCUT2D eigenvalue weighted by atomic mass is 16.6. The quantitative estimate of drug-likeness (QED) is 0.841. The van der Waals surface area contributed by atoms with Gasteiger partial charge in [-0.05, 0) is 38.5 Å². The average molecular weight is 248 g/mol. The molecule has 0 aliphatic carbocycles.